The Balaban J connectivity index is 2.83. The summed E-state index contributed by atoms with van der Waals surface area (Å²) in [6, 6.07) is 2.80. The molecule has 0 saturated heterocycles. The molecule has 0 aliphatic heterocycles. The number of rotatable bonds is 1. The van der Waals surface area contributed by atoms with Crippen LogP contribution in [0.5, 0.6) is 0 Å². The van der Waals surface area contributed by atoms with Gasteiger partial charge in [0.1, 0.15) is 4.90 Å². The fourth-order valence-corrected chi connectivity index (χ4v) is 3.34. The van der Waals surface area contributed by atoms with Crippen LogP contribution in [-0.2, 0) is 10.0 Å². The first kappa shape index (κ1) is 11.1. The highest BCUT2D eigenvalue weighted by Gasteiger charge is 2.15. The molecule has 0 unspecified atom stereocenters. The number of nitrogens with zero attached hydrogens (tertiary/aromatic N) is 1. The van der Waals surface area contributed by atoms with Crippen LogP contribution < -0.4 is 5.14 Å². The van der Waals surface area contributed by atoms with Crippen molar-refractivity contribution in [3.63, 3.8) is 0 Å². The van der Waals surface area contributed by atoms with Crippen molar-refractivity contribution in [1.82, 2.24) is 4.98 Å². The van der Waals surface area contributed by atoms with E-state index in [1.54, 1.807) is 0 Å². The molecule has 0 atom stereocenters. The maximum Gasteiger partial charge on any atom is 0.239 e. The molecule has 8 heteroatoms. The van der Waals surface area contributed by atoms with Gasteiger partial charge in [-0.1, -0.05) is 23.2 Å². The zero-order valence-corrected chi connectivity index (χ0v) is 10.2. The highest BCUT2D eigenvalue weighted by Crippen LogP contribution is 2.31. The third-order valence-corrected chi connectivity index (χ3v) is 4.22. The summed E-state index contributed by atoms with van der Waals surface area (Å²) in [5, 5.41) is 5.04. The van der Waals surface area contributed by atoms with Crippen molar-refractivity contribution in [2.75, 3.05) is 0 Å². The molecule has 0 aliphatic rings. The SMILES string of the molecule is NS(=O)(=O)c1cc2sc(Cl)nc2cc1Cl. The molecule has 15 heavy (non-hydrogen) atoms. The normalized spacial score (nSPS) is 12.2. The Morgan fingerprint density at radius 1 is 1.33 bits per heavy atom. The molecule has 2 rings (SSSR count). The van der Waals surface area contributed by atoms with Crippen LogP contribution in [0.4, 0.5) is 0 Å². The molecule has 0 bridgehead atoms. The molecule has 0 amide bonds. The number of halogens is 2. The molecule has 0 spiro atoms. The second-order valence-electron chi connectivity index (χ2n) is 2.76. The molecule has 0 fully saturated rings. The van der Waals surface area contributed by atoms with Crippen molar-refractivity contribution in [2.24, 2.45) is 5.14 Å². The summed E-state index contributed by atoms with van der Waals surface area (Å²) in [6.07, 6.45) is 0. The predicted octanol–water partition coefficient (Wildman–Crippen LogP) is 2.25. The summed E-state index contributed by atoms with van der Waals surface area (Å²) in [6.45, 7) is 0. The summed E-state index contributed by atoms with van der Waals surface area (Å²) in [7, 11) is -3.81. The van der Waals surface area contributed by atoms with E-state index >= 15 is 0 Å². The van der Waals surface area contributed by atoms with Gasteiger partial charge in [-0.05, 0) is 12.1 Å². The maximum atomic E-state index is 11.1. The van der Waals surface area contributed by atoms with Crippen LogP contribution in [0.1, 0.15) is 0 Å². The van der Waals surface area contributed by atoms with E-state index in [0.29, 0.717) is 14.7 Å². The van der Waals surface area contributed by atoms with E-state index in [9.17, 15) is 8.42 Å². The number of nitrogens with two attached hydrogens (primary N) is 1. The predicted molar refractivity (Wildman–Crippen MR) is 61.0 cm³/mol. The lowest BCUT2D eigenvalue weighted by Crippen LogP contribution is -2.12. The number of hydrogen-bond acceptors (Lipinski definition) is 4. The summed E-state index contributed by atoms with van der Waals surface area (Å²) in [4.78, 5) is 3.85. The lowest BCUT2D eigenvalue weighted by molar-refractivity contribution is 0.598. The summed E-state index contributed by atoms with van der Waals surface area (Å²) >= 11 is 12.6. The van der Waals surface area contributed by atoms with Crippen LogP contribution in [0.25, 0.3) is 10.2 Å². The first-order valence-electron chi connectivity index (χ1n) is 3.66. The minimum absolute atomic E-state index is 0.0481. The smallest absolute Gasteiger partial charge is 0.225 e. The van der Waals surface area contributed by atoms with E-state index in [1.807, 2.05) is 0 Å². The molecule has 2 N–H and O–H groups in total. The molecule has 0 radical (unpaired) electrons. The van der Waals surface area contributed by atoms with E-state index in [4.69, 9.17) is 28.3 Å². The maximum absolute atomic E-state index is 11.1. The van der Waals surface area contributed by atoms with Crippen molar-refractivity contribution in [2.45, 2.75) is 4.90 Å². The van der Waals surface area contributed by atoms with Gasteiger partial charge in [0, 0.05) is 0 Å². The summed E-state index contributed by atoms with van der Waals surface area (Å²) in [5.41, 5.74) is 0.558. The monoisotopic (exact) mass is 282 g/mol. The minimum atomic E-state index is -3.81. The van der Waals surface area contributed by atoms with Crippen LogP contribution in [0.3, 0.4) is 0 Å². The first-order valence-corrected chi connectivity index (χ1v) is 6.78. The Labute approximate surface area is 99.7 Å². The summed E-state index contributed by atoms with van der Waals surface area (Å²) < 4.78 is 23.3. The Morgan fingerprint density at radius 2 is 2.00 bits per heavy atom. The average molecular weight is 283 g/mol. The van der Waals surface area contributed by atoms with Gasteiger partial charge in [-0.15, -0.1) is 11.3 Å². The fraction of sp³-hybridized carbons (Fsp3) is 0. The van der Waals surface area contributed by atoms with Crippen LogP contribution in [0.15, 0.2) is 17.0 Å². The highest BCUT2D eigenvalue weighted by molar-refractivity contribution is 7.89. The van der Waals surface area contributed by atoms with Crippen molar-refractivity contribution in [3.05, 3.63) is 21.6 Å². The topological polar surface area (TPSA) is 73.1 Å². The second kappa shape index (κ2) is 3.57. The molecule has 0 aliphatic carbocycles. The fourth-order valence-electron chi connectivity index (χ4n) is 1.12. The standard InChI is InChI=1S/C7H4Cl2N2O2S2/c8-3-1-4-5(14-7(9)11-4)2-6(3)15(10,12)13/h1-2H,(H2,10,12,13). The van der Waals surface area contributed by atoms with Gasteiger partial charge in [0.15, 0.2) is 4.47 Å². The molecule has 0 saturated carbocycles. The van der Waals surface area contributed by atoms with E-state index in [-0.39, 0.29) is 9.92 Å². The minimum Gasteiger partial charge on any atom is -0.225 e. The number of aromatic nitrogens is 1. The average Bonchev–Trinajstić information content (AvgIpc) is 2.40. The van der Waals surface area contributed by atoms with Crippen molar-refractivity contribution < 1.29 is 8.42 Å². The van der Waals surface area contributed by atoms with E-state index in [0.717, 1.165) is 0 Å². The largest absolute Gasteiger partial charge is 0.239 e. The van der Waals surface area contributed by atoms with Crippen molar-refractivity contribution >= 4 is 54.8 Å². The van der Waals surface area contributed by atoms with Crippen molar-refractivity contribution in [3.8, 4) is 0 Å². The van der Waals surface area contributed by atoms with Gasteiger partial charge < -0.3 is 0 Å². The van der Waals surface area contributed by atoms with Gasteiger partial charge in [0.25, 0.3) is 0 Å². The number of primary sulfonamides is 1. The van der Waals surface area contributed by atoms with Crippen LogP contribution >= 0.6 is 34.5 Å². The summed E-state index contributed by atoms with van der Waals surface area (Å²) in [5.74, 6) is 0. The van der Waals surface area contributed by atoms with Crippen molar-refractivity contribution in [1.29, 1.82) is 0 Å². The molecule has 2 aromatic rings. The number of thiazole rings is 1. The van der Waals surface area contributed by atoms with Gasteiger partial charge in [-0.2, -0.15) is 0 Å². The van der Waals surface area contributed by atoms with Crippen LogP contribution in [-0.4, -0.2) is 13.4 Å². The molecular formula is C7H4Cl2N2O2S2. The number of fused-ring (bicyclic) bond motifs is 1. The number of hydrogen-bond donors (Lipinski definition) is 1. The zero-order chi connectivity index (χ0) is 11.2. The zero-order valence-electron chi connectivity index (χ0n) is 7.07. The third kappa shape index (κ3) is 2.09. The van der Waals surface area contributed by atoms with E-state index in [1.165, 1.54) is 23.5 Å². The van der Waals surface area contributed by atoms with Crippen LogP contribution in [0, 0.1) is 0 Å². The van der Waals surface area contributed by atoms with Gasteiger partial charge >= 0.3 is 0 Å². The number of benzene rings is 1. The van der Waals surface area contributed by atoms with Crippen LogP contribution in [0.2, 0.25) is 9.49 Å². The quantitative estimate of drug-likeness (QED) is 0.872. The second-order valence-corrected chi connectivity index (χ2v) is 6.31. The van der Waals surface area contributed by atoms with E-state index in [2.05, 4.69) is 4.98 Å². The molecule has 4 nitrogen and oxygen atoms in total. The Morgan fingerprint density at radius 3 is 2.60 bits per heavy atom. The molecular weight excluding hydrogens is 279 g/mol. The lowest BCUT2D eigenvalue weighted by Gasteiger charge is -2.00. The van der Waals surface area contributed by atoms with Gasteiger partial charge in [0.05, 0.1) is 15.2 Å². The Bertz CT molecular complexity index is 636. The lowest BCUT2D eigenvalue weighted by atomic mass is 10.3. The first-order chi connectivity index (χ1) is 6.88. The molecule has 1 heterocycles. The highest BCUT2D eigenvalue weighted by atomic mass is 35.5. The van der Waals surface area contributed by atoms with Gasteiger partial charge in [-0.25, -0.2) is 18.5 Å². The molecule has 1 aromatic carbocycles. The van der Waals surface area contributed by atoms with Gasteiger partial charge in [0.2, 0.25) is 10.0 Å². The molecule has 80 valence electrons. The third-order valence-electron chi connectivity index (χ3n) is 1.72. The number of sulfonamides is 1. The Hall–Kier alpha value is -0.400. The Kier molecular flexibility index (Phi) is 2.64. The van der Waals surface area contributed by atoms with Gasteiger partial charge in [-0.3, -0.25) is 0 Å². The molecule has 1 aromatic heterocycles. The van der Waals surface area contributed by atoms with E-state index < -0.39 is 10.0 Å².